The lowest BCUT2D eigenvalue weighted by atomic mass is 10.0. The summed E-state index contributed by atoms with van der Waals surface area (Å²) < 4.78 is 32.5. The number of aliphatic hydroxyl groups excluding tert-OH is 1. The Morgan fingerprint density at radius 2 is 1.55 bits per heavy atom. The maximum atomic E-state index is 12.5. The van der Waals surface area contributed by atoms with Gasteiger partial charge in [-0.3, -0.25) is 4.79 Å². The lowest BCUT2D eigenvalue weighted by molar-refractivity contribution is -0.149. The van der Waals surface area contributed by atoms with Crippen molar-refractivity contribution in [2.75, 3.05) is 0 Å². The number of hydrogen-bond donors (Lipinski definition) is 2. The second kappa shape index (κ2) is 10.1. The molecule has 0 bridgehead atoms. The van der Waals surface area contributed by atoms with Crippen molar-refractivity contribution in [2.45, 2.75) is 30.6 Å². The van der Waals surface area contributed by atoms with E-state index in [0.29, 0.717) is 5.02 Å². The number of aliphatic hydroxyl groups is 1. The van der Waals surface area contributed by atoms with E-state index in [4.69, 9.17) is 16.3 Å². The van der Waals surface area contributed by atoms with Crippen molar-refractivity contribution in [3.63, 3.8) is 0 Å². The fraction of sp³-hybridized carbons (Fsp3) is 0.174. The Bertz CT molecular complexity index is 1110. The number of carbonyl (C=O) groups excluding carboxylic acids is 1. The van der Waals surface area contributed by atoms with Gasteiger partial charge in [-0.25, -0.2) is 8.42 Å². The van der Waals surface area contributed by atoms with Crippen molar-refractivity contribution in [2.24, 2.45) is 0 Å². The van der Waals surface area contributed by atoms with Gasteiger partial charge in [0.25, 0.3) is 0 Å². The Kier molecular flexibility index (Phi) is 7.46. The molecule has 0 amide bonds. The maximum absolute atomic E-state index is 12.5. The Balaban J connectivity index is 1.65. The molecule has 31 heavy (non-hydrogen) atoms. The molecule has 0 aliphatic rings. The van der Waals surface area contributed by atoms with Crippen LogP contribution < -0.4 is 4.72 Å². The quantitative estimate of drug-likeness (QED) is 0.500. The van der Waals surface area contributed by atoms with Crippen molar-refractivity contribution in [1.82, 2.24) is 4.72 Å². The predicted octanol–water partition coefficient (Wildman–Crippen LogP) is 3.78. The van der Waals surface area contributed by atoms with Crippen LogP contribution in [0, 0.1) is 0 Å². The van der Waals surface area contributed by atoms with Gasteiger partial charge >= 0.3 is 5.97 Å². The van der Waals surface area contributed by atoms with Crippen LogP contribution in [-0.2, 0) is 26.2 Å². The van der Waals surface area contributed by atoms with E-state index >= 15 is 0 Å². The summed E-state index contributed by atoms with van der Waals surface area (Å²) in [5, 5.41) is 10.3. The molecule has 0 fully saturated rings. The first-order chi connectivity index (χ1) is 14.8. The molecule has 0 spiro atoms. The molecule has 0 aliphatic heterocycles. The number of ether oxygens (including phenoxy) is 1. The second-order valence-corrected chi connectivity index (χ2v) is 9.11. The van der Waals surface area contributed by atoms with Crippen LogP contribution in [0.3, 0.4) is 0 Å². The average Bonchev–Trinajstić information content (AvgIpc) is 2.77. The van der Waals surface area contributed by atoms with Crippen molar-refractivity contribution in [3.05, 3.63) is 89.4 Å². The van der Waals surface area contributed by atoms with Gasteiger partial charge in [0.05, 0.1) is 11.0 Å². The first kappa shape index (κ1) is 23.0. The number of hydrogen-bond acceptors (Lipinski definition) is 5. The summed E-state index contributed by atoms with van der Waals surface area (Å²) in [6.07, 6.45) is -1.30. The standard InChI is InChI=1S/C23H22ClNO5S/c1-16(26)22(25-31(28,29)21-13-11-20(24)12-14-21)23(27)30-15-17-7-9-19(10-8-17)18-5-3-2-4-6-18/h2-14,16,22,25-26H,15H2,1H3/t16-,22-/m0/s1. The van der Waals surface area contributed by atoms with E-state index in [1.807, 2.05) is 54.6 Å². The minimum Gasteiger partial charge on any atom is -0.460 e. The lowest BCUT2D eigenvalue weighted by Crippen LogP contribution is -2.48. The van der Waals surface area contributed by atoms with Gasteiger partial charge in [-0.15, -0.1) is 0 Å². The Hall–Kier alpha value is -2.71. The fourth-order valence-electron chi connectivity index (χ4n) is 2.86. The summed E-state index contributed by atoms with van der Waals surface area (Å²) in [5.41, 5.74) is 2.82. The predicted molar refractivity (Wildman–Crippen MR) is 119 cm³/mol. The van der Waals surface area contributed by atoms with Crippen LogP contribution in [0.5, 0.6) is 0 Å². The third-order valence-corrected chi connectivity index (χ3v) is 6.29. The van der Waals surface area contributed by atoms with Crippen LogP contribution in [0.4, 0.5) is 0 Å². The van der Waals surface area contributed by atoms with Crippen molar-refractivity contribution < 1.29 is 23.1 Å². The minimum absolute atomic E-state index is 0.0558. The highest BCUT2D eigenvalue weighted by Crippen LogP contribution is 2.20. The zero-order chi connectivity index (χ0) is 22.4. The molecule has 2 N–H and O–H groups in total. The van der Waals surface area contributed by atoms with Gasteiger partial charge in [-0.2, -0.15) is 4.72 Å². The van der Waals surface area contributed by atoms with Crippen LogP contribution in [-0.4, -0.2) is 31.6 Å². The van der Waals surface area contributed by atoms with E-state index in [0.717, 1.165) is 16.7 Å². The van der Waals surface area contributed by atoms with Gasteiger partial charge in [0, 0.05) is 5.02 Å². The van der Waals surface area contributed by atoms with E-state index in [9.17, 15) is 18.3 Å². The van der Waals surface area contributed by atoms with E-state index in [1.54, 1.807) is 0 Å². The average molecular weight is 460 g/mol. The Labute approximate surface area is 186 Å². The Morgan fingerprint density at radius 3 is 2.13 bits per heavy atom. The van der Waals surface area contributed by atoms with Gasteiger partial charge in [0.15, 0.2) is 0 Å². The largest absolute Gasteiger partial charge is 0.460 e. The Morgan fingerprint density at radius 1 is 0.968 bits per heavy atom. The molecule has 0 saturated heterocycles. The summed E-state index contributed by atoms with van der Waals surface area (Å²) in [7, 11) is -4.05. The normalized spacial score (nSPS) is 13.4. The van der Waals surface area contributed by atoms with Crippen molar-refractivity contribution >= 4 is 27.6 Å². The molecule has 0 saturated carbocycles. The monoisotopic (exact) mass is 459 g/mol. The molecule has 2 atom stereocenters. The van der Waals surface area contributed by atoms with E-state index < -0.39 is 28.1 Å². The number of rotatable bonds is 8. The fourth-order valence-corrected chi connectivity index (χ4v) is 4.24. The third-order valence-electron chi connectivity index (χ3n) is 4.58. The molecule has 0 heterocycles. The molecule has 0 aliphatic carbocycles. The third kappa shape index (κ3) is 6.15. The lowest BCUT2D eigenvalue weighted by Gasteiger charge is -2.20. The molecule has 0 aromatic heterocycles. The highest BCUT2D eigenvalue weighted by atomic mass is 35.5. The zero-order valence-corrected chi connectivity index (χ0v) is 18.3. The number of benzene rings is 3. The molecular weight excluding hydrogens is 438 g/mol. The van der Waals surface area contributed by atoms with Crippen LogP contribution in [0.2, 0.25) is 5.02 Å². The van der Waals surface area contributed by atoms with E-state index in [1.165, 1.54) is 31.2 Å². The summed E-state index contributed by atoms with van der Waals surface area (Å²) >= 11 is 5.78. The van der Waals surface area contributed by atoms with Crippen LogP contribution in [0.15, 0.2) is 83.8 Å². The van der Waals surface area contributed by atoms with Gasteiger partial charge < -0.3 is 9.84 Å². The summed E-state index contributed by atoms with van der Waals surface area (Å²) in [6, 6.07) is 21.3. The molecule has 6 nitrogen and oxygen atoms in total. The van der Waals surface area contributed by atoms with Crippen molar-refractivity contribution in [3.8, 4) is 11.1 Å². The SMILES string of the molecule is C[C@H](O)[C@H](NS(=O)(=O)c1ccc(Cl)cc1)C(=O)OCc1ccc(-c2ccccc2)cc1. The summed E-state index contributed by atoms with van der Waals surface area (Å²) in [4.78, 5) is 12.4. The molecule has 0 radical (unpaired) electrons. The number of esters is 1. The molecule has 0 unspecified atom stereocenters. The molecule has 8 heteroatoms. The smallest absolute Gasteiger partial charge is 0.327 e. The first-order valence-corrected chi connectivity index (χ1v) is 11.4. The number of carbonyl (C=O) groups is 1. The second-order valence-electron chi connectivity index (χ2n) is 6.96. The molecule has 3 rings (SSSR count). The summed E-state index contributed by atoms with van der Waals surface area (Å²) in [5.74, 6) is -0.875. The zero-order valence-electron chi connectivity index (χ0n) is 16.7. The topological polar surface area (TPSA) is 92.7 Å². The number of sulfonamides is 1. The maximum Gasteiger partial charge on any atom is 0.327 e. The van der Waals surface area contributed by atoms with Crippen LogP contribution >= 0.6 is 11.6 Å². The van der Waals surface area contributed by atoms with E-state index in [2.05, 4.69) is 4.72 Å². The minimum atomic E-state index is -4.05. The molecule has 3 aromatic rings. The molecule has 162 valence electrons. The van der Waals surface area contributed by atoms with Crippen molar-refractivity contribution in [1.29, 1.82) is 0 Å². The number of nitrogens with one attached hydrogen (secondary N) is 1. The van der Waals surface area contributed by atoms with Gasteiger partial charge in [0.1, 0.15) is 12.6 Å². The number of halogens is 1. The van der Waals surface area contributed by atoms with Gasteiger partial charge in [0.2, 0.25) is 10.0 Å². The van der Waals surface area contributed by atoms with Crippen LogP contribution in [0.1, 0.15) is 12.5 Å². The highest BCUT2D eigenvalue weighted by Gasteiger charge is 2.31. The van der Waals surface area contributed by atoms with E-state index in [-0.39, 0.29) is 11.5 Å². The van der Waals surface area contributed by atoms with Gasteiger partial charge in [-0.05, 0) is 47.9 Å². The van der Waals surface area contributed by atoms with Gasteiger partial charge in [-0.1, -0.05) is 66.2 Å². The highest BCUT2D eigenvalue weighted by molar-refractivity contribution is 7.89. The summed E-state index contributed by atoms with van der Waals surface area (Å²) in [6.45, 7) is 1.25. The first-order valence-electron chi connectivity index (χ1n) is 9.53. The molecular formula is C23H22ClNO5S. The van der Waals surface area contributed by atoms with Crippen LogP contribution in [0.25, 0.3) is 11.1 Å². The molecule has 3 aromatic carbocycles.